The first-order chi connectivity index (χ1) is 21.3. The molecule has 3 aromatic carbocycles. The topological polar surface area (TPSA) is 77.7 Å². The fourth-order valence-electron chi connectivity index (χ4n) is 6.26. The van der Waals surface area contributed by atoms with E-state index in [9.17, 15) is 9.59 Å². The van der Waals surface area contributed by atoms with Gasteiger partial charge in [0.05, 0.1) is 25.7 Å². The molecule has 6 rings (SSSR count). The van der Waals surface area contributed by atoms with E-state index in [1.165, 1.54) is 11.8 Å². The van der Waals surface area contributed by atoms with Crippen LogP contribution in [0.3, 0.4) is 0 Å². The third-order valence-corrected chi connectivity index (χ3v) is 10.6. The van der Waals surface area contributed by atoms with Crippen molar-refractivity contribution in [3.8, 4) is 0 Å². The van der Waals surface area contributed by atoms with Crippen molar-refractivity contribution in [1.29, 1.82) is 0 Å². The molecular weight excluding hydrogens is 660 g/mol. The second-order valence-corrected chi connectivity index (χ2v) is 14.3. The predicted molar refractivity (Wildman–Crippen MR) is 180 cm³/mol. The Labute approximate surface area is 275 Å². The van der Waals surface area contributed by atoms with E-state index in [1.807, 2.05) is 78.7 Å². The second-order valence-electron chi connectivity index (χ2n) is 11.5. The lowest BCUT2D eigenvalue weighted by Gasteiger charge is -2.36. The van der Waals surface area contributed by atoms with E-state index in [2.05, 4.69) is 37.2 Å². The minimum atomic E-state index is -1.10. The molecule has 2 amide bonds. The van der Waals surface area contributed by atoms with Gasteiger partial charge in [0.15, 0.2) is 0 Å². The van der Waals surface area contributed by atoms with Crippen molar-refractivity contribution in [2.75, 3.05) is 39.4 Å². The van der Waals surface area contributed by atoms with Crippen LogP contribution in [0.1, 0.15) is 35.6 Å². The van der Waals surface area contributed by atoms with Crippen LogP contribution in [-0.4, -0.2) is 70.7 Å². The first-order valence-corrected chi connectivity index (χ1v) is 17.0. The van der Waals surface area contributed by atoms with Gasteiger partial charge in [0.25, 0.3) is 0 Å². The highest BCUT2D eigenvalue weighted by molar-refractivity contribution is 9.10. The first kappa shape index (κ1) is 31.2. The molecule has 2 atom stereocenters. The van der Waals surface area contributed by atoms with Gasteiger partial charge in [-0.25, -0.2) is 0 Å². The maximum atomic E-state index is 14.6. The number of ether oxygens (including phenoxy) is 1. The predicted octanol–water partition coefficient (Wildman–Crippen LogP) is 6.74. The Balaban J connectivity index is 1.39. The summed E-state index contributed by atoms with van der Waals surface area (Å²) >= 11 is 11.4. The molecule has 1 aromatic heterocycles. The highest BCUT2D eigenvalue weighted by Crippen LogP contribution is 2.54. The van der Waals surface area contributed by atoms with Crippen molar-refractivity contribution >= 4 is 62.0 Å². The highest BCUT2D eigenvalue weighted by Gasteiger charge is 2.58. The number of hydrogen-bond donors (Lipinski definition) is 2. The molecule has 0 radical (unpaired) electrons. The molecule has 230 valence electrons. The SMILES string of the molecule is Cc1cccc(S[C@@]2(C(=O)NCCCN3CCOCC3)CC(=O)N(Cc3ccc(Br)cc3)[C@H]2c2c[nH]c3cc(Cl)ccc23)c1. The number of carbonyl (C=O) groups excluding carboxylic acids is 2. The summed E-state index contributed by atoms with van der Waals surface area (Å²) in [4.78, 5) is 37.3. The number of morpholine rings is 1. The molecule has 2 N–H and O–H groups in total. The number of thioether (sulfide) groups is 1. The van der Waals surface area contributed by atoms with Crippen LogP contribution in [0, 0.1) is 6.92 Å². The van der Waals surface area contributed by atoms with Gasteiger partial charge in [0.2, 0.25) is 11.8 Å². The Kier molecular flexibility index (Phi) is 9.68. The molecule has 0 saturated carbocycles. The van der Waals surface area contributed by atoms with Crippen molar-refractivity contribution in [3.05, 3.63) is 99.1 Å². The molecule has 2 fully saturated rings. The van der Waals surface area contributed by atoms with E-state index < -0.39 is 10.8 Å². The van der Waals surface area contributed by atoms with Crippen LogP contribution in [0.4, 0.5) is 0 Å². The summed E-state index contributed by atoms with van der Waals surface area (Å²) in [5.41, 5.74) is 3.88. The molecule has 2 saturated heterocycles. The van der Waals surface area contributed by atoms with Crippen LogP contribution < -0.4 is 5.32 Å². The number of H-pyrrole nitrogens is 1. The molecule has 0 aliphatic carbocycles. The average molecular weight is 696 g/mol. The maximum absolute atomic E-state index is 14.6. The normalized spacial score (nSPS) is 20.8. The summed E-state index contributed by atoms with van der Waals surface area (Å²) in [6.07, 6.45) is 2.85. The zero-order valence-electron chi connectivity index (χ0n) is 24.7. The standard InChI is InChI=1S/C34H36BrClN4O3S/c1-23-4-2-5-27(18-23)44-34(33(42)37-12-3-13-39-14-16-43-17-15-39)20-31(41)40(22-24-6-8-25(35)9-7-24)32(34)29-21-38-30-19-26(36)10-11-28(29)30/h2,4-11,18-19,21,32,38H,3,12-17,20,22H2,1H3,(H,37,42)/t32-,34-/m0/s1. The number of aryl methyl sites for hydroxylation is 1. The van der Waals surface area contributed by atoms with Gasteiger partial charge in [-0.1, -0.05) is 63.4 Å². The number of carbonyl (C=O) groups is 2. The number of benzene rings is 3. The van der Waals surface area contributed by atoms with E-state index in [0.717, 1.165) is 76.2 Å². The van der Waals surface area contributed by atoms with Crippen molar-refractivity contribution in [3.63, 3.8) is 0 Å². The van der Waals surface area contributed by atoms with Crippen molar-refractivity contribution in [2.45, 2.75) is 42.0 Å². The van der Waals surface area contributed by atoms with E-state index in [0.29, 0.717) is 18.1 Å². The summed E-state index contributed by atoms with van der Waals surface area (Å²) in [5.74, 6) is -0.171. The van der Waals surface area contributed by atoms with Gasteiger partial charge in [-0.05, 0) is 61.9 Å². The van der Waals surface area contributed by atoms with Crippen molar-refractivity contribution in [2.24, 2.45) is 0 Å². The van der Waals surface area contributed by atoms with Gasteiger partial charge in [-0.3, -0.25) is 14.5 Å². The minimum Gasteiger partial charge on any atom is -0.379 e. The Morgan fingerprint density at radius 3 is 2.70 bits per heavy atom. The fourth-order valence-corrected chi connectivity index (χ4v) is 8.24. The molecule has 2 aliphatic heterocycles. The number of hydrogen-bond acceptors (Lipinski definition) is 5. The zero-order chi connectivity index (χ0) is 30.7. The zero-order valence-corrected chi connectivity index (χ0v) is 27.8. The largest absolute Gasteiger partial charge is 0.379 e. The minimum absolute atomic E-state index is 0.0511. The molecule has 3 heterocycles. The Hall–Kier alpha value is -2.82. The summed E-state index contributed by atoms with van der Waals surface area (Å²) in [6, 6.07) is 21.4. The number of nitrogens with one attached hydrogen (secondary N) is 2. The molecule has 2 aliphatic rings. The summed E-state index contributed by atoms with van der Waals surface area (Å²) < 4.78 is 5.35. The number of likely N-dealkylation sites (tertiary alicyclic amines) is 1. The molecular formula is C34H36BrClN4O3S. The van der Waals surface area contributed by atoms with Crippen LogP contribution >= 0.6 is 39.3 Å². The number of rotatable bonds is 10. The van der Waals surface area contributed by atoms with Crippen LogP contribution in [-0.2, 0) is 20.9 Å². The van der Waals surface area contributed by atoms with E-state index >= 15 is 0 Å². The quantitative estimate of drug-likeness (QED) is 0.180. The lowest BCUT2D eigenvalue weighted by Crippen LogP contribution is -2.48. The highest BCUT2D eigenvalue weighted by atomic mass is 79.9. The number of aromatic nitrogens is 1. The molecule has 7 nitrogen and oxygen atoms in total. The lowest BCUT2D eigenvalue weighted by atomic mass is 9.91. The summed E-state index contributed by atoms with van der Waals surface area (Å²) in [6.45, 7) is 7.17. The fraction of sp³-hybridized carbons (Fsp3) is 0.353. The first-order valence-electron chi connectivity index (χ1n) is 15.0. The van der Waals surface area contributed by atoms with Crippen LogP contribution in [0.2, 0.25) is 5.02 Å². The number of aromatic amines is 1. The van der Waals surface area contributed by atoms with E-state index in [1.54, 1.807) is 0 Å². The van der Waals surface area contributed by atoms with Crippen molar-refractivity contribution < 1.29 is 14.3 Å². The van der Waals surface area contributed by atoms with E-state index in [4.69, 9.17) is 16.3 Å². The van der Waals surface area contributed by atoms with Crippen molar-refractivity contribution in [1.82, 2.24) is 20.1 Å². The average Bonchev–Trinajstić information content (AvgIpc) is 3.54. The number of fused-ring (bicyclic) bond motifs is 1. The molecule has 0 unspecified atom stereocenters. The lowest BCUT2D eigenvalue weighted by molar-refractivity contribution is -0.129. The molecule has 4 aromatic rings. The van der Waals surface area contributed by atoms with Gasteiger partial charge in [0, 0.05) is 63.2 Å². The number of halogens is 2. The second kappa shape index (κ2) is 13.7. The molecule has 0 spiro atoms. The molecule has 44 heavy (non-hydrogen) atoms. The monoisotopic (exact) mass is 694 g/mol. The third-order valence-electron chi connectivity index (χ3n) is 8.44. The molecule has 0 bridgehead atoms. The van der Waals surface area contributed by atoms with Crippen LogP contribution in [0.15, 0.2) is 82.3 Å². The summed E-state index contributed by atoms with van der Waals surface area (Å²) in [5, 5.41) is 4.84. The number of amides is 2. The van der Waals surface area contributed by atoms with Gasteiger partial charge in [-0.2, -0.15) is 0 Å². The third kappa shape index (κ3) is 6.72. The van der Waals surface area contributed by atoms with Gasteiger partial charge < -0.3 is 19.9 Å². The van der Waals surface area contributed by atoms with Gasteiger partial charge >= 0.3 is 0 Å². The van der Waals surface area contributed by atoms with Gasteiger partial charge in [-0.15, -0.1) is 11.8 Å². The molecule has 10 heteroatoms. The summed E-state index contributed by atoms with van der Waals surface area (Å²) in [7, 11) is 0. The maximum Gasteiger partial charge on any atom is 0.239 e. The Bertz CT molecular complexity index is 1640. The Morgan fingerprint density at radius 1 is 1.14 bits per heavy atom. The number of nitrogens with zero attached hydrogens (tertiary/aromatic N) is 2. The smallest absolute Gasteiger partial charge is 0.239 e. The van der Waals surface area contributed by atoms with Gasteiger partial charge in [0.1, 0.15) is 4.75 Å². The van der Waals surface area contributed by atoms with Crippen LogP contribution in [0.5, 0.6) is 0 Å². The van der Waals surface area contributed by atoms with E-state index in [-0.39, 0.29) is 18.2 Å². The van der Waals surface area contributed by atoms with Crippen LogP contribution in [0.25, 0.3) is 10.9 Å². The Morgan fingerprint density at radius 2 is 1.93 bits per heavy atom.